The van der Waals surface area contributed by atoms with E-state index in [0.717, 1.165) is 10.5 Å². The van der Waals surface area contributed by atoms with Crippen molar-refractivity contribution in [3.05, 3.63) is 66.2 Å². The number of rotatable bonds is 6. The molecule has 2 saturated heterocycles. The van der Waals surface area contributed by atoms with E-state index in [1.54, 1.807) is 48.5 Å². The van der Waals surface area contributed by atoms with E-state index in [9.17, 15) is 19.2 Å². The highest BCUT2D eigenvalue weighted by molar-refractivity contribution is 8.00. The molecule has 3 unspecified atom stereocenters. The first-order valence-electron chi connectivity index (χ1n) is 10.3. The Kier molecular flexibility index (Phi) is 6.28. The molecule has 2 heterocycles. The third-order valence-electron chi connectivity index (χ3n) is 5.34. The van der Waals surface area contributed by atoms with Crippen molar-refractivity contribution in [2.45, 2.75) is 37.7 Å². The van der Waals surface area contributed by atoms with Crippen LogP contribution in [0.15, 0.2) is 60.7 Å². The lowest BCUT2D eigenvalue weighted by atomic mass is 10.0. The molecule has 4 rings (SSSR count). The van der Waals surface area contributed by atoms with Gasteiger partial charge < -0.3 is 14.8 Å². The van der Waals surface area contributed by atoms with E-state index in [2.05, 4.69) is 5.32 Å². The molecule has 33 heavy (non-hydrogen) atoms. The van der Waals surface area contributed by atoms with Crippen molar-refractivity contribution in [3.63, 3.8) is 0 Å². The number of amides is 3. The van der Waals surface area contributed by atoms with Crippen molar-refractivity contribution in [1.29, 1.82) is 0 Å². The van der Waals surface area contributed by atoms with Gasteiger partial charge in [-0.1, -0.05) is 48.5 Å². The standard InChI is InChI=1S/C23H23N3O6S/c1-15(27)24-23(22(30)31-13-17-9-5-3-6-10-17)25(16(2)28)14-33-21-19(20(29)26(21)23)32-18-11-7-4-8-12-18/h3-12,19,21H,13-14H2,1-2H3,(H,24,27). The Morgan fingerprint density at radius 1 is 1.06 bits per heavy atom. The van der Waals surface area contributed by atoms with E-state index >= 15 is 0 Å². The van der Waals surface area contributed by atoms with Gasteiger partial charge in [-0.15, -0.1) is 11.8 Å². The van der Waals surface area contributed by atoms with Crippen molar-refractivity contribution < 1.29 is 28.7 Å². The van der Waals surface area contributed by atoms with Crippen LogP contribution in [-0.4, -0.2) is 56.6 Å². The largest absolute Gasteiger partial charge is 0.477 e. The summed E-state index contributed by atoms with van der Waals surface area (Å²) in [5.41, 5.74) is 0.722. The van der Waals surface area contributed by atoms with Crippen molar-refractivity contribution in [2.75, 3.05) is 5.88 Å². The van der Waals surface area contributed by atoms with E-state index in [4.69, 9.17) is 9.47 Å². The predicted molar refractivity (Wildman–Crippen MR) is 119 cm³/mol. The molecule has 10 heteroatoms. The Hall–Kier alpha value is -3.53. The van der Waals surface area contributed by atoms with Crippen molar-refractivity contribution in [2.24, 2.45) is 0 Å². The summed E-state index contributed by atoms with van der Waals surface area (Å²) in [6.07, 6.45) is -0.874. The van der Waals surface area contributed by atoms with Gasteiger partial charge in [0.1, 0.15) is 17.7 Å². The number of benzene rings is 2. The third kappa shape index (κ3) is 4.13. The monoisotopic (exact) mass is 469 g/mol. The number of nitrogens with one attached hydrogen (secondary N) is 1. The zero-order chi connectivity index (χ0) is 23.6. The summed E-state index contributed by atoms with van der Waals surface area (Å²) in [5, 5.41) is 1.93. The van der Waals surface area contributed by atoms with Crippen LogP contribution in [0.25, 0.3) is 0 Å². The Labute approximate surface area is 195 Å². The van der Waals surface area contributed by atoms with Gasteiger partial charge >= 0.3 is 5.97 Å². The summed E-state index contributed by atoms with van der Waals surface area (Å²) in [6, 6.07) is 17.8. The number of β-lactam (4-membered cyclic amide) rings is 1. The number of carbonyl (C=O) groups is 4. The number of esters is 1. The summed E-state index contributed by atoms with van der Waals surface area (Å²) in [5.74, 6) is -4.09. The first-order chi connectivity index (χ1) is 15.8. The van der Waals surface area contributed by atoms with Gasteiger partial charge in [0, 0.05) is 13.8 Å². The molecule has 0 aliphatic carbocycles. The molecule has 0 saturated carbocycles. The molecule has 2 fully saturated rings. The molecule has 0 bridgehead atoms. The zero-order valence-corrected chi connectivity index (χ0v) is 18.9. The smallest absolute Gasteiger partial charge is 0.376 e. The lowest BCUT2D eigenvalue weighted by Gasteiger charge is -2.60. The third-order valence-corrected chi connectivity index (χ3v) is 6.55. The summed E-state index contributed by atoms with van der Waals surface area (Å²) in [7, 11) is 0. The van der Waals surface area contributed by atoms with Crippen LogP contribution >= 0.6 is 11.8 Å². The minimum absolute atomic E-state index is 0.0547. The molecular formula is C23H23N3O6S. The molecule has 2 aliphatic rings. The van der Waals surface area contributed by atoms with Crippen LogP contribution < -0.4 is 10.1 Å². The Morgan fingerprint density at radius 2 is 1.70 bits per heavy atom. The lowest BCUT2D eigenvalue weighted by Crippen LogP contribution is -2.86. The summed E-state index contributed by atoms with van der Waals surface area (Å²) in [6.45, 7) is 2.39. The fourth-order valence-corrected chi connectivity index (χ4v) is 5.27. The van der Waals surface area contributed by atoms with E-state index in [0.29, 0.717) is 5.75 Å². The van der Waals surface area contributed by atoms with Crippen molar-refractivity contribution in [3.8, 4) is 5.75 Å². The fraction of sp³-hybridized carbons (Fsp3) is 0.304. The minimum Gasteiger partial charge on any atom is -0.477 e. The maximum atomic E-state index is 13.5. The van der Waals surface area contributed by atoms with Gasteiger partial charge in [0.25, 0.3) is 11.7 Å². The lowest BCUT2D eigenvalue weighted by molar-refractivity contribution is -0.210. The zero-order valence-electron chi connectivity index (χ0n) is 18.1. The highest BCUT2D eigenvalue weighted by Crippen LogP contribution is 2.44. The van der Waals surface area contributed by atoms with Gasteiger partial charge in [0.05, 0.1) is 5.88 Å². The highest BCUT2D eigenvalue weighted by atomic mass is 32.2. The number of hydrogen-bond acceptors (Lipinski definition) is 7. The number of hydrogen-bond donors (Lipinski definition) is 1. The number of carbonyl (C=O) groups excluding carboxylic acids is 4. The first-order valence-corrected chi connectivity index (χ1v) is 11.3. The molecule has 3 amide bonds. The molecule has 3 atom stereocenters. The van der Waals surface area contributed by atoms with Crippen LogP contribution in [0.4, 0.5) is 0 Å². The van der Waals surface area contributed by atoms with Gasteiger partial charge in [0.2, 0.25) is 17.9 Å². The number of para-hydroxylation sites is 1. The SMILES string of the molecule is CC(=O)NC1(C(=O)OCc2ccccc2)N(C(C)=O)CSC2C(Oc3ccccc3)C(=O)N21. The normalized spacial score (nSPS) is 23.8. The topological polar surface area (TPSA) is 105 Å². The van der Waals surface area contributed by atoms with Gasteiger partial charge in [-0.2, -0.15) is 0 Å². The van der Waals surface area contributed by atoms with E-state index in [1.807, 2.05) is 12.1 Å². The minimum atomic E-state index is -2.10. The maximum Gasteiger partial charge on any atom is 0.376 e. The number of thioether (sulfide) groups is 1. The molecule has 0 radical (unpaired) electrons. The molecule has 2 aromatic carbocycles. The second kappa shape index (κ2) is 9.14. The molecule has 2 aliphatic heterocycles. The Morgan fingerprint density at radius 3 is 2.30 bits per heavy atom. The number of ether oxygens (including phenoxy) is 2. The van der Waals surface area contributed by atoms with Crippen LogP contribution in [0.2, 0.25) is 0 Å². The van der Waals surface area contributed by atoms with Gasteiger partial charge in [-0.05, 0) is 17.7 Å². The summed E-state index contributed by atoms with van der Waals surface area (Å²) in [4.78, 5) is 53.7. The predicted octanol–water partition coefficient (Wildman–Crippen LogP) is 1.69. The number of nitrogens with zero attached hydrogens (tertiary/aromatic N) is 2. The molecular weight excluding hydrogens is 446 g/mol. The summed E-state index contributed by atoms with van der Waals surface area (Å²) >= 11 is 1.27. The van der Waals surface area contributed by atoms with E-state index in [1.165, 1.54) is 30.5 Å². The van der Waals surface area contributed by atoms with Crippen molar-refractivity contribution >= 4 is 35.5 Å². The van der Waals surface area contributed by atoms with Gasteiger partial charge in [0.15, 0.2) is 0 Å². The van der Waals surface area contributed by atoms with Crippen LogP contribution in [-0.2, 0) is 30.5 Å². The van der Waals surface area contributed by atoms with E-state index in [-0.39, 0.29) is 12.5 Å². The van der Waals surface area contributed by atoms with E-state index < -0.39 is 41.0 Å². The molecule has 172 valence electrons. The van der Waals surface area contributed by atoms with Crippen LogP contribution in [0.1, 0.15) is 19.4 Å². The highest BCUT2D eigenvalue weighted by Gasteiger charge is 2.68. The summed E-state index contributed by atoms with van der Waals surface area (Å²) < 4.78 is 11.4. The molecule has 0 aromatic heterocycles. The molecule has 2 aromatic rings. The fourth-order valence-electron chi connectivity index (χ4n) is 3.85. The number of fused-ring (bicyclic) bond motifs is 1. The second-order valence-electron chi connectivity index (χ2n) is 7.61. The average molecular weight is 470 g/mol. The molecule has 1 N–H and O–H groups in total. The Bertz CT molecular complexity index is 1070. The van der Waals surface area contributed by atoms with Crippen LogP contribution in [0.5, 0.6) is 5.75 Å². The average Bonchev–Trinajstić information content (AvgIpc) is 2.81. The quantitative estimate of drug-likeness (QED) is 0.507. The Balaban J connectivity index is 1.65. The first kappa shape index (κ1) is 22.7. The van der Waals surface area contributed by atoms with Gasteiger partial charge in [-0.3, -0.25) is 24.2 Å². The van der Waals surface area contributed by atoms with Crippen molar-refractivity contribution in [1.82, 2.24) is 15.1 Å². The second-order valence-corrected chi connectivity index (χ2v) is 8.68. The molecule has 0 spiro atoms. The van der Waals surface area contributed by atoms with Gasteiger partial charge in [-0.25, -0.2) is 4.79 Å². The maximum absolute atomic E-state index is 13.5. The van der Waals surface area contributed by atoms with Crippen LogP contribution in [0, 0.1) is 0 Å². The van der Waals surface area contributed by atoms with Crippen LogP contribution in [0.3, 0.4) is 0 Å². The molecule has 9 nitrogen and oxygen atoms in total.